The van der Waals surface area contributed by atoms with Crippen LogP contribution in [0.5, 0.6) is 0 Å². The molecule has 1 aliphatic carbocycles. The number of benzene rings is 2. The molecule has 0 unspecified atom stereocenters. The zero-order valence-electron chi connectivity index (χ0n) is 17.0. The topological polar surface area (TPSA) is 30.8 Å². The van der Waals surface area contributed by atoms with Crippen LogP contribution < -0.4 is 0 Å². The van der Waals surface area contributed by atoms with Gasteiger partial charge in [0.2, 0.25) is 0 Å². The SMILES string of the molecule is CC.COCCCCC/C=C/c1ccc2c(c1)/C(=N\OC)c1ccccc1-2. The van der Waals surface area contributed by atoms with Crippen molar-refractivity contribution in [3.8, 4) is 11.1 Å². The molecule has 0 amide bonds. The minimum atomic E-state index is 0.858. The van der Waals surface area contributed by atoms with Crippen molar-refractivity contribution in [2.75, 3.05) is 20.8 Å². The van der Waals surface area contributed by atoms with E-state index in [4.69, 9.17) is 9.57 Å². The fourth-order valence-electron chi connectivity index (χ4n) is 3.26. The van der Waals surface area contributed by atoms with Gasteiger partial charge in [-0.2, -0.15) is 0 Å². The molecule has 0 saturated heterocycles. The maximum Gasteiger partial charge on any atom is 0.118 e. The van der Waals surface area contributed by atoms with Crippen molar-refractivity contribution in [2.24, 2.45) is 5.16 Å². The van der Waals surface area contributed by atoms with Crippen LogP contribution >= 0.6 is 0 Å². The number of hydrogen-bond donors (Lipinski definition) is 0. The van der Waals surface area contributed by atoms with Crippen molar-refractivity contribution in [3.63, 3.8) is 0 Å². The number of ether oxygens (including phenoxy) is 1. The van der Waals surface area contributed by atoms with Crippen molar-refractivity contribution in [1.82, 2.24) is 0 Å². The van der Waals surface area contributed by atoms with Gasteiger partial charge in [-0.15, -0.1) is 0 Å². The lowest BCUT2D eigenvalue weighted by Crippen LogP contribution is -1.99. The highest BCUT2D eigenvalue weighted by atomic mass is 16.6. The molecule has 3 heteroatoms. The predicted octanol–water partition coefficient (Wildman–Crippen LogP) is 6.31. The number of oxime groups is 1. The van der Waals surface area contributed by atoms with Gasteiger partial charge >= 0.3 is 0 Å². The van der Waals surface area contributed by atoms with Crippen LogP contribution in [0.3, 0.4) is 0 Å². The monoisotopic (exact) mass is 365 g/mol. The highest BCUT2D eigenvalue weighted by molar-refractivity contribution is 6.24. The predicted molar refractivity (Wildman–Crippen MR) is 115 cm³/mol. The summed E-state index contributed by atoms with van der Waals surface area (Å²) in [5.41, 5.74) is 6.85. The molecule has 0 saturated carbocycles. The highest BCUT2D eigenvalue weighted by Gasteiger charge is 2.25. The van der Waals surface area contributed by atoms with Crippen molar-refractivity contribution in [3.05, 3.63) is 65.2 Å². The summed E-state index contributed by atoms with van der Waals surface area (Å²) >= 11 is 0. The minimum absolute atomic E-state index is 0.858. The first kappa shape index (κ1) is 20.9. The molecule has 0 heterocycles. The third-order valence-corrected chi connectivity index (χ3v) is 4.48. The Hall–Kier alpha value is -2.39. The van der Waals surface area contributed by atoms with Crippen LogP contribution in [0.2, 0.25) is 0 Å². The van der Waals surface area contributed by atoms with E-state index >= 15 is 0 Å². The first-order valence-electron chi connectivity index (χ1n) is 9.86. The minimum Gasteiger partial charge on any atom is -0.399 e. The second kappa shape index (κ2) is 11.3. The van der Waals surface area contributed by atoms with E-state index in [1.807, 2.05) is 19.9 Å². The molecule has 0 spiro atoms. The van der Waals surface area contributed by atoms with Gasteiger partial charge in [0, 0.05) is 24.8 Å². The number of hydrogen-bond acceptors (Lipinski definition) is 3. The fraction of sp³-hybridized carbons (Fsp3) is 0.375. The lowest BCUT2D eigenvalue weighted by atomic mass is 10.0. The summed E-state index contributed by atoms with van der Waals surface area (Å²) < 4.78 is 5.08. The zero-order chi connectivity index (χ0) is 19.5. The van der Waals surface area contributed by atoms with Gasteiger partial charge in [0.25, 0.3) is 0 Å². The van der Waals surface area contributed by atoms with Gasteiger partial charge < -0.3 is 9.57 Å². The first-order valence-corrected chi connectivity index (χ1v) is 9.86. The molecule has 0 N–H and O–H groups in total. The lowest BCUT2D eigenvalue weighted by Gasteiger charge is -2.03. The summed E-state index contributed by atoms with van der Waals surface area (Å²) in [5.74, 6) is 0. The van der Waals surface area contributed by atoms with Gasteiger partial charge in [-0.05, 0) is 42.0 Å². The fourth-order valence-corrected chi connectivity index (χ4v) is 3.26. The Kier molecular flexibility index (Phi) is 8.79. The molecular formula is C24H31NO2. The number of allylic oxidation sites excluding steroid dienone is 1. The molecule has 0 aromatic heterocycles. The molecule has 27 heavy (non-hydrogen) atoms. The summed E-state index contributed by atoms with van der Waals surface area (Å²) in [6.45, 7) is 4.86. The van der Waals surface area contributed by atoms with Crippen molar-refractivity contribution < 1.29 is 9.57 Å². The Morgan fingerprint density at radius 2 is 1.59 bits per heavy atom. The van der Waals surface area contributed by atoms with Gasteiger partial charge in [0.05, 0.1) is 0 Å². The summed E-state index contributed by atoms with van der Waals surface area (Å²) in [5, 5.41) is 4.27. The van der Waals surface area contributed by atoms with Gasteiger partial charge in [-0.25, -0.2) is 0 Å². The summed E-state index contributed by atoms with van der Waals surface area (Å²) in [6, 6.07) is 14.9. The van der Waals surface area contributed by atoms with E-state index < -0.39 is 0 Å². The number of methoxy groups -OCH3 is 1. The van der Waals surface area contributed by atoms with Crippen LogP contribution in [0.15, 0.2) is 53.7 Å². The van der Waals surface area contributed by atoms with Gasteiger partial charge in [-0.1, -0.05) is 74.0 Å². The molecule has 3 rings (SSSR count). The smallest absolute Gasteiger partial charge is 0.118 e. The average molecular weight is 366 g/mol. The Morgan fingerprint density at radius 3 is 2.33 bits per heavy atom. The second-order valence-electron chi connectivity index (χ2n) is 6.22. The van der Waals surface area contributed by atoms with E-state index in [-0.39, 0.29) is 0 Å². The van der Waals surface area contributed by atoms with Crippen molar-refractivity contribution >= 4 is 11.8 Å². The molecule has 2 aromatic carbocycles. The normalized spacial score (nSPS) is 13.3. The Balaban J connectivity index is 0.00000126. The quantitative estimate of drug-likeness (QED) is 0.346. The van der Waals surface area contributed by atoms with E-state index in [2.05, 4.69) is 53.7 Å². The molecule has 0 aliphatic heterocycles. The summed E-state index contributed by atoms with van der Waals surface area (Å²) in [4.78, 5) is 5.08. The Labute approximate surface area is 163 Å². The Bertz CT molecular complexity index is 778. The number of nitrogens with zero attached hydrogens (tertiary/aromatic N) is 1. The van der Waals surface area contributed by atoms with Crippen LogP contribution in [-0.4, -0.2) is 26.5 Å². The largest absolute Gasteiger partial charge is 0.399 e. The molecule has 0 radical (unpaired) electrons. The summed E-state index contributed by atoms with van der Waals surface area (Å²) in [7, 11) is 3.36. The van der Waals surface area contributed by atoms with Crippen LogP contribution in [0.1, 0.15) is 56.2 Å². The third-order valence-electron chi connectivity index (χ3n) is 4.48. The molecule has 0 atom stereocenters. The molecule has 144 valence electrons. The van der Waals surface area contributed by atoms with Crippen LogP contribution in [0.25, 0.3) is 17.2 Å². The number of fused-ring (bicyclic) bond motifs is 3. The van der Waals surface area contributed by atoms with Crippen molar-refractivity contribution in [2.45, 2.75) is 39.5 Å². The third kappa shape index (κ3) is 5.30. The van der Waals surface area contributed by atoms with E-state index in [1.165, 1.54) is 29.5 Å². The Morgan fingerprint density at radius 1 is 0.852 bits per heavy atom. The molecule has 0 fully saturated rings. The van der Waals surface area contributed by atoms with Gasteiger partial charge in [0.15, 0.2) is 0 Å². The van der Waals surface area contributed by atoms with Crippen molar-refractivity contribution in [1.29, 1.82) is 0 Å². The van der Waals surface area contributed by atoms with Gasteiger partial charge in [-0.3, -0.25) is 0 Å². The second-order valence-corrected chi connectivity index (χ2v) is 6.22. The highest BCUT2D eigenvalue weighted by Crippen LogP contribution is 2.37. The van der Waals surface area contributed by atoms with Crippen LogP contribution in [0, 0.1) is 0 Å². The van der Waals surface area contributed by atoms with Crippen LogP contribution in [-0.2, 0) is 9.57 Å². The van der Waals surface area contributed by atoms with E-state index in [0.717, 1.165) is 36.3 Å². The van der Waals surface area contributed by atoms with E-state index in [1.54, 1.807) is 14.2 Å². The first-order chi connectivity index (χ1) is 13.3. The zero-order valence-corrected chi connectivity index (χ0v) is 17.0. The van der Waals surface area contributed by atoms with Crippen LogP contribution in [0.4, 0.5) is 0 Å². The summed E-state index contributed by atoms with van der Waals surface area (Å²) in [6.07, 6.45) is 9.10. The maximum atomic E-state index is 5.08. The lowest BCUT2D eigenvalue weighted by molar-refractivity contribution is 0.192. The standard InChI is InChI=1S/C22H25NO2.C2H6/c1-24-15-9-5-3-4-6-10-17-13-14-19-18-11-7-8-12-20(18)22(23-25-2)21(19)16-17;1-2/h6-8,10-14,16H,3-5,9,15H2,1-2H3;1-2H3/b10-6+,23-22-;. The van der Waals surface area contributed by atoms with E-state index in [0.29, 0.717) is 0 Å². The number of unbranched alkanes of at least 4 members (excludes halogenated alkanes) is 3. The molecule has 2 aromatic rings. The number of rotatable bonds is 8. The van der Waals surface area contributed by atoms with Gasteiger partial charge in [0.1, 0.15) is 12.8 Å². The average Bonchev–Trinajstić information content (AvgIpc) is 3.03. The molecule has 1 aliphatic rings. The van der Waals surface area contributed by atoms with E-state index in [9.17, 15) is 0 Å². The molecular weight excluding hydrogens is 334 g/mol. The molecule has 0 bridgehead atoms. The maximum absolute atomic E-state index is 5.08. The molecule has 3 nitrogen and oxygen atoms in total.